The number of rotatable bonds is 2. The van der Waals surface area contributed by atoms with Gasteiger partial charge in [-0.05, 0) is 11.6 Å². The summed E-state index contributed by atoms with van der Waals surface area (Å²) in [5.74, 6) is -0.797. The Bertz CT molecular complexity index is 272. The van der Waals surface area contributed by atoms with Crippen molar-refractivity contribution >= 4 is 27.1 Å². The summed E-state index contributed by atoms with van der Waals surface area (Å²) in [6.07, 6.45) is 0. The van der Waals surface area contributed by atoms with E-state index in [-0.39, 0.29) is 0 Å². The van der Waals surface area contributed by atoms with Crippen molar-refractivity contribution in [3.63, 3.8) is 0 Å². The van der Waals surface area contributed by atoms with Gasteiger partial charge < -0.3 is 0 Å². The molecule has 0 radical (unpaired) electrons. The van der Waals surface area contributed by atoms with Crippen molar-refractivity contribution in [1.29, 1.82) is 0 Å². The van der Waals surface area contributed by atoms with Gasteiger partial charge >= 0.3 is 0 Å². The maximum Gasteiger partial charge on any atom is 0.213 e. The van der Waals surface area contributed by atoms with Crippen LogP contribution in [0.2, 0.25) is 0 Å². The Morgan fingerprint density at radius 2 is 1.75 bits per heavy atom. The average Bonchev–Trinajstić information content (AvgIpc) is 1.91. The smallest absolute Gasteiger partial charge is 0.125 e. The standard InChI is InChI=1S/C7H6BrF3S/c8-7-4-2-1-3-6(7)5-12(9,10)11/h1-4H,5H2. The topological polar surface area (TPSA) is 0 Å². The molecule has 0 saturated heterocycles. The minimum Gasteiger partial charge on any atom is -0.125 e. The average molecular weight is 259 g/mol. The second-order valence-corrected chi connectivity index (χ2v) is 4.39. The zero-order valence-corrected chi connectivity index (χ0v) is 8.34. The summed E-state index contributed by atoms with van der Waals surface area (Å²) in [4.78, 5) is 0. The van der Waals surface area contributed by atoms with Crippen LogP contribution < -0.4 is 0 Å². The lowest BCUT2D eigenvalue weighted by atomic mass is 10.2. The van der Waals surface area contributed by atoms with Crippen molar-refractivity contribution in [1.82, 2.24) is 0 Å². The molecule has 1 rings (SSSR count). The van der Waals surface area contributed by atoms with E-state index in [1.807, 2.05) is 0 Å². The molecule has 1 aromatic rings. The summed E-state index contributed by atoms with van der Waals surface area (Å²) < 4.78 is 36.5. The van der Waals surface area contributed by atoms with Crippen LogP contribution in [-0.2, 0) is 5.75 Å². The van der Waals surface area contributed by atoms with Gasteiger partial charge in [-0.2, -0.15) is 0 Å². The van der Waals surface area contributed by atoms with E-state index in [1.165, 1.54) is 6.07 Å². The second-order valence-electron chi connectivity index (χ2n) is 2.24. The van der Waals surface area contributed by atoms with Crippen LogP contribution in [0.4, 0.5) is 11.7 Å². The highest BCUT2D eigenvalue weighted by atomic mass is 79.9. The van der Waals surface area contributed by atoms with Gasteiger partial charge in [0.1, 0.15) is 0 Å². The molecule has 0 nitrogen and oxygen atoms in total. The summed E-state index contributed by atoms with van der Waals surface area (Å²) in [6.45, 7) is 0. The van der Waals surface area contributed by atoms with Crippen molar-refractivity contribution in [2.45, 2.75) is 5.75 Å². The Morgan fingerprint density at radius 1 is 1.17 bits per heavy atom. The summed E-state index contributed by atoms with van der Waals surface area (Å²) >= 11 is -1.87. The van der Waals surface area contributed by atoms with Crippen LogP contribution in [0, 0.1) is 0 Å². The number of halogens is 4. The molecule has 0 aliphatic rings. The molecule has 0 aromatic heterocycles. The quantitative estimate of drug-likeness (QED) is 0.738. The molecular formula is C7H6BrF3S. The third kappa shape index (κ3) is 3.06. The molecule has 5 heteroatoms. The lowest BCUT2D eigenvalue weighted by Crippen LogP contribution is -1.86. The van der Waals surface area contributed by atoms with Crippen LogP contribution in [0.1, 0.15) is 5.56 Å². The fourth-order valence-corrected chi connectivity index (χ4v) is 2.01. The molecule has 0 saturated carbocycles. The van der Waals surface area contributed by atoms with Crippen molar-refractivity contribution in [2.75, 3.05) is 0 Å². The molecule has 0 aliphatic heterocycles. The molecule has 0 unspecified atom stereocenters. The molecule has 12 heavy (non-hydrogen) atoms. The predicted octanol–water partition coefficient (Wildman–Crippen LogP) is 4.41. The minimum atomic E-state index is -4.93. The van der Waals surface area contributed by atoms with E-state index in [4.69, 9.17) is 0 Å². The minimum absolute atomic E-state index is 0.306. The van der Waals surface area contributed by atoms with Crippen LogP contribution in [-0.4, -0.2) is 0 Å². The van der Waals surface area contributed by atoms with E-state index in [9.17, 15) is 11.7 Å². The monoisotopic (exact) mass is 258 g/mol. The van der Waals surface area contributed by atoms with E-state index in [0.717, 1.165) is 0 Å². The Balaban J connectivity index is 2.83. The molecular weight excluding hydrogens is 253 g/mol. The van der Waals surface area contributed by atoms with Gasteiger partial charge in [0.15, 0.2) is 0 Å². The van der Waals surface area contributed by atoms with Crippen LogP contribution in [0.5, 0.6) is 0 Å². The SMILES string of the molecule is FS(F)(F)Cc1ccccc1Br. The molecule has 68 valence electrons. The van der Waals surface area contributed by atoms with Crippen LogP contribution in [0.3, 0.4) is 0 Å². The third-order valence-corrected chi connectivity index (χ3v) is 2.69. The maximum absolute atomic E-state index is 12.0. The molecule has 0 atom stereocenters. The maximum atomic E-state index is 12.0. The van der Waals surface area contributed by atoms with Gasteiger partial charge in [-0.3, -0.25) is 0 Å². The van der Waals surface area contributed by atoms with E-state index >= 15 is 0 Å². The highest BCUT2D eigenvalue weighted by Gasteiger charge is 2.22. The van der Waals surface area contributed by atoms with Gasteiger partial charge in [-0.15, -0.1) is 11.7 Å². The Morgan fingerprint density at radius 3 is 2.25 bits per heavy atom. The number of benzene rings is 1. The summed E-state index contributed by atoms with van der Waals surface area (Å²) in [5.41, 5.74) is 0.306. The first-order valence-corrected chi connectivity index (χ1v) is 5.42. The molecule has 0 spiro atoms. The molecule has 0 amide bonds. The van der Waals surface area contributed by atoms with E-state index in [1.54, 1.807) is 18.2 Å². The molecule has 1 aromatic carbocycles. The van der Waals surface area contributed by atoms with Crippen molar-refractivity contribution < 1.29 is 11.7 Å². The van der Waals surface area contributed by atoms with Gasteiger partial charge in [0, 0.05) is 4.47 Å². The van der Waals surface area contributed by atoms with Crippen molar-refractivity contribution in [3.8, 4) is 0 Å². The molecule has 0 heterocycles. The number of hydrogen-bond donors (Lipinski definition) is 0. The highest BCUT2D eigenvalue weighted by Crippen LogP contribution is 2.56. The fraction of sp³-hybridized carbons (Fsp3) is 0.143. The Kier molecular flexibility index (Phi) is 3.06. The predicted molar refractivity (Wildman–Crippen MR) is 48.8 cm³/mol. The summed E-state index contributed by atoms with van der Waals surface area (Å²) in [5, 5.41) is 0. The van der Waals surface area contributed by atoms with E-state index in [0.29, 0.717) is 10.0 Å². The first-order valence-electron chi connectivity index (χ1n) is 3.12. The third-order valence-electron chi connectivity index (χ3n) is 1.28. The van der Waals surface area contributed by atoms with Gasteiger partial charge in [0.25, 0.3) is 0 Å². The van der Waals surface area contributed by atoms with Gasteiger partial charge in [0.05, 0.1) is 5.75 Å². The molecule has 0 bridgehead atoms. The number of hydrogen-bond acceptors (Lipinski definition) is 0. The van der Waals surface area contributed by atoms with Crippen molar-refractivity contribution in [3.05, 3.63) is 34.3 Å². The lowest BCUT2D eigenvalue weighted by Gasteiger charge is -2.10. The van der Waals surface area contributed by atoms with Crippen LogP contribution in [0.15, 0.2) is 28.7 Å². The Labute approximate surface area is 79.1 Å². The summed E-state index contributed by atoms with van der Waals surface area (Å²) in [7, 11) is 0. The zero-order chi connectivity index (χ0) is 9.19. The molecule has 0 aliphatic carbocycles. The van der Waals surface area contributed by atoms with Gasteiger partial charge in [0.2, 0.25) is 11.2 Å². The lowest BCUT2D eigenvalue weighted by molar-refractivity contribution is 0.631. The normalized spacial score (nSPS) is 13.0. The molecule has 0 N–H and O–H groups in total. The first-order chi connectivity index (χ1) is 5.49. The van der Waals surface area contributed by atoms with Gasteiger partial charge in [-0.25, -0.2) is 0 Å². The van der Waals surface area contributed by atoms with Crippen LogP contribution in [0.25, 0.3) is 0 Å². The highest BCUT2D eigenvalue weighted by molar-refractivity contribution is 9.10. The summed E-state index contributed by atoms with van der Waals surface area (Å²) in [6, 6.07) is 6.38. The Hall–Kier alpha value is -0.160. The zero-order valence-electron chi connectivity index (χ0n) is 5.94. The van der Waals surface area contributed by atoms with E-state index < -0.39 is 16.9 Å². The van der Waals surface area contributed by atoms with Crippen LogP contribution >= 0.6 is 27.1 Å². The van der Waals surface area contributed by atoms with Crippen molar-refractivity contribution in [2.24, 2.45) is 0 Å². The second kappa shape index (κ2) is 3.70. The van der Waals surface area contributed by atoms with Gasteiger partial charge in [-0.1, -0.05) is 34.1 Å². The molecule has 0 fully saturated rings. The fourth-order valence-electron chi connectivity index (χ4n) is 0.792. The largest absolute Gasteiger partial charge is 0.213 e. The first kappa shape index (κ1) is 9.92. The van der Waals surface area contributed by atoms with E-state index in [2.05, 4.69) is 15.9 Å².